The van der Waals surface area contributed by atoms with E-state index in [4.69, 9.17) is 18.0 Å². The Kier molecular flexibility index (Phi) is 7.25. The number of carbonyl (C=O) groups excluding carboxylic acids is 1. The van der Waals surface area contributed by atoms with E-state index in [1.54, 1.807) is 0 Å². The number of nitrogens with two attached hydrogens (primary N) is 1. The lowest BCUT2D eigenvalue weighted by molar-refractivity contribution is -0.123. The number of hydrogen-bond donors (Lipinski definition) is 2. The van der Waals surface area contributed by atoms with Crippen LogP contribution in [0.4, 0.5) is 0 Å². The van der Waals surface area contributed by atoms with Crippen molar-refractivity contribution in [3.8, 4) is 0 Å². The van der Waals surface area contributed by atoms with E-state index in [9.17, 15) is 4.79 Å². The van der Waals surface area contributed by atoms with E-state index in [0.717, 1.165) is 13.0 Å². The molecule has 0 rings (SSSR count). The van der Waals surface area contributed by atoms with Crippen molar-refractivity contribution in [2.45, 2.75) is 20.3 Å². The van der Waals surface area contributed by atoms with Crippen LogP contribution in [0.1, 0.15) is 20.3 Å². The molecule has 0 aromatic rings. The van der Waals surface area contributed by atoms with Crippen LogP contribution in [-0.4, -0.2) is 43.0 Å². The predicted octanol–water partition coefficient (Wildman–Crippen LogP) is 0.613. The van der Waals surface area contributed by atoms with E-state index >= 15 is 0 Å². The third-order valence-corrected chi connectivity index (χ3v) is 2.59. The molecule has 0 saturated heterocycles. The highest BCUT2D eigenvalue weighted by molar-refractivity contribution is 7.80. The van der Waals surface area contributed by atoms with E-state index < -0.39 is 0 Å². The zero-order valence-corrected chi connectivity index (χ0v) is 11.4. The number of rotatable bonds is 7. The summed E-state index contributed by atoms with van der Waals surface area (Å²) in [5.74, 6) is -0.262. The van der Waals surface area contributed by atoms with Crippen LogP contribution in [0.15, 0.2) is 0 Å². The molecule has 1 amide bonds. The number of thiocarbonyl (C=S) groups is 1. The molecule has 4 nitrogen and oxygen atoms in total. The van der Waals surface area contributed by atoms with Gasteiger partial charge in [-0.1, -0.05) is 26.1 Å². The molecule has 0 bridgehead atoms. The Bertz CT molecular complexity index is 241. The summed E-state index contributed by atoms with van der Waals surface area (Å²) in [6.45, 7) is 5.52. The lowest BCUT2D eigenvalue weighted by Crippen LogP contribution is -2.41. The Balaban J connectivity index is 3.98. The Hall–Kier alpha value is -0.680. The first-order valence-electron chi connectivity index (χ1n) is 5.58. The third kappa shape index (κ3) is 6.02. The first kappa shape index (κ1) is 15.3. The summed E-state index contributed by atoms with van der Waals surface area (Å²) >= 11 is 4.90. The molecule has 0 aromatic heterocycles. The van der Waals surface area contributed by atoms with Crippen LogP contribution >= 0.6 is 12.2 Å². The Morgan fingerprint density at radius 3 is 2.38 bits per heavy atom. The molecule has 0 aliphatic heterocycles. The lowest BCUT2D eigenvalue weighted by atomic mass is 9.95. The molecule has 94 valence electrons. The summed E-state index contributed by atoms with van der Waals surface area (Å²) in [7, 11) is 4.02. The molecule has 0 saturated carbocycles. The first-order chi connectivity index (χ1) is 7.36. The topological polar surface area (TPSA) is 58.4 Å². The van der Waals surface area contributed by atoms with Crippen molar-refractivity contribution >= 4 is 23.1 Å². The van der Waals surface area contributed by atoms with E-state index in [1.807, 2.05) is 27.9 Å². The summed E-state index contributed by atoms with van der Waals surface area (Å²) in [5.41, 5.74) is 5.55. The molecule has 1 unspecified atom stereocenters. The van der Waals surface area contributed by atoms with Crippen LogP contribution in [0.5, 0.6) is 0 Å². The largest absolute Gasteiger partial charge is 0.393 e. The molecule has 0 aliphatic rings. The van der Waals surface area contributed by atoms with Gasteiger partial charge < -0.3 is 16.0 Å². The minimum atomic E-state index is -0.352. The van der Waals surface area contributed by atoms with E-state index in [2.05, 4.69) is 10.2 Å². The van der Waals surface area contributed by atoms with Crippen molar-refractivity contribution in [3.05, 3.63) is 0 Å². The van der Waals surface area contributed by atoms with Gasteiger partial charge in [-0.2, -0.15) is 0 Å². The number of carbonyl (C=O) groups is 1. The molecule has 0 aliphatic carbocycles. The maximum absolute atomic E-state index is 11.8. The van der Waals surface area contributed by atoms with Gasteiger partial charge in [-0.15, -0.1) is 0 Å². The summed E-state index contributed by atoms with van der Waals surface area (Å²) in [4.78, 5) is 14.1. The van der Waals surface area contributed by atoms with Crippen LogP contribution in [0.3, 0.4) is 0 Å². The average Bonchev–Trinajstić information content (AvgIpc) is 2.10. The Morgan fingerprint density at radius 2 is 2.00 bits per heavy atom. The molecule has 0 aromatic carbocycles. The van der Waals surface area contributed by atoms with Gasteiger partial charge >= 0.3 is 0 Å². The van der Waals surface area contributed by atoms with Crippen molar-refractivity contribution < 1.29 is 4.79 Å². The SMILES string of the molecule is CC(C)C(C(=O)NCCCN(C)C)C(N)=S. The number of hydrogen-bond acceptors (Lipinski definition) is 3. The van der Waals surface area contributed by atoms with Gasteiger partial charge in [0.1, 0.15) is 0 Å². The highest BCUT2D eigenvalue weighted by Crippen LogP contribution is 2.11. The van der Waals surface area contributed by atoms with Gasteiger partial charge in [-0.3, -0.25) is 4.79 Å². The minimum Gasteiger partial charge on any atom is -0.393 e. The van der Waals surface area contributed by atoms with E-state index in [-0.39, 0.29) is 22.7 Å². The maximum Gasteiger partial charge on any atom is 0.230 e. The predicted molar refractivity (Wildman–Crippen MR) is 71.3 cm³/mol. The van der Waals surface area contributed by atoms with Crippen molar-refractivity contribution in [2.75, 3.05) is 27.2 Å². The number of nitrogens with zero attached hydrogens (tertiary/aromatic N) is 1. The lowest BCUT2D eigenvalue weighted by Gasteiger charge is -2.19. The molecule has 16 heavy (non-hydrogen) atoms. The van der Waals surface area contributed by atoms with Gasteiger partial charge in [0.05, 0.1) is 10.9 Å². The quantitative estimate of drug-likeness (QED) is 0.510. The second-order valence-corrected chi connectivity index (χ2v) is 5.04. The Labute approximate surface area is 104 Å². The van der Waals surface area contributed by atoms with Crippen LogP contribution in [-0.2, 0) is 4.79 Å². The highest BCUT2D eigenvalue weighted by atomic mass is 32.1. The fraction of sp³-hybridized carbons (Fsp3) is 0.818. The molecule has 0 fully saturated rings. The van der Waals surface area contributed by atoms with Crippen molar-refractivity contribution in [2.24, 2.45) is 17.6 Å². The van der Waals surface area contributed by atoms with Gasteiger partial charge in [0, 0.05) is 6.54 Å². The molecule has 0 radical (unpaired) electrons. The molecule has 0 spiro atoms. The summed E-state index contributed by atoms with van der Waals surface area (Å²) in [5, 5.41) is 2.87. The van der Waals surface area contributed by atoms with Crippen molar-refractivity contribution in [3.63, 3.8) is 0 Å². The molecule has 1 atom stereocenters. The van der Waals surface area contributed by atoms with Crippen molar-refractivity contribution in [1.82, 2.24) is 10.2 Å². The van der Waals surface area contributed by atoms with Gasteiger partial charge in [-0.25, -0.2) is 0 Å². The van der Waals surface area contributed by atoms with E-state index in [0.29, 0.717) is 6.54 Å². The standard InChI is InChI=1S/C11H23N3OS/c1-8(2)9(10(12)16)11(15)13-6-5-7-14(3)4/h8-9H,5-7H2,1-4H3,(H2,12,16)(H,13,15). The first-order valence-corrected chi connectivity index (χ1v) is 5.98. The third-order valence-electron chi connectivity index (χ3n) is 2.34. The fourth-order valence-corrected chi connectivity index (χ4v) is 1.86. The number of nitrogens with one attached hydrogen (secondary N) is 1. The normalized spacial score (nSPS) is 12.9. The fourth-order valence-electron chi connectivity index (χ4n) is 1.48. The second kappa shape index (κ2) is 7.57. The molecule has 5 heteroatoms. The summed E-state index contributed by atoms with van der Waals surface area (Å²) in [6, 6.07) is 0. The van der Waals surface area contributed by atoms with Gasteiger partial charge in [0.15, 0.2) is 0 Å². The maximum atomic E-state index is 11.8. The van der Waals surface area contributed by atoms with Crippen LogP contribution in [0.25, 0.3) is 0 Å². The highest BCUT2D eigenvalue weighted by Gasteiger charge is 2.24. The van der Waals surface area contributed by atoms with Crippen LogP contribution in [0.2, 0.25) is 0 Å². The zero-order valence-electron chi connectivity index (χ0n) is 10.6. The average molecular weight is 245 g/mol. The van der Waals surface area contributed by atoms with Gasteiger partial charge in [0.25, 0.3) is 0 Å². The van der Waals surface area contributed by atoms with Crippen molar-refractivity contribution in [1.29, 1.82) is 0 Å². The van der Waals surface area contributed by atoms with E-state index in [1.165, 1.54) is 0 Å². The second-order valence-electron chi connectivity index (χ2n) is 4.57. The molecular weight excluding hydrogens is 222 g/mol. The minimum absolute atomic E-state index is 0.0544. The number of amides is 1. The van der Waals surface area contributed by atoms with Gasteiger partial charge in [0.2, 0.25) is 5.91 Å². The molecule has 0 heterocycles. The Morgan fingerprint density at radius 1 is 1.44 bits per heavy atom. The summed E-state index contributed by atoms with van der Waals surface area (Å²) < 4.78 is 0. The van der Waals surface area contributed by atoms with Crippen LogP contribution in [0, 0.1) is 11.8 Å². The molecular formula is C11H23N3OS. The summed E-state index contributed by atoms with van der Waals surface area (Å²) in [6.07, 6.45) is 0.931. The van der Waals surface area contributed by atoms with Gasteiger partial charge in [-0.05, 0) is 33.0 Å². The smallest absolute Gasteiger partial charge is 0.230 e. The monoisotopic (exact) mass is 245 g/mol. The van der Waals surface area contributed by atoms with Crippen LogP contribution < -0.4 is 11.1 Å². The zero-order chi connectivity index (χ0) is 12.7. The molecule has 3 N–H and O–H groups in total.